The second kappa shape index (κ2) is 8.94. The van der Waals surface area contributed by atoms with E-state index in [2.05, 4.69) is 21.9 Å². The van der Waals surface area contributed by atoms with Crippen LogP contribution in [0.2, 0.25) is 0 Å². The van der Waals surface area contributed by atoms with Gasteiger partial charge in [-0.3, -0.25) is 14.4 Å². The zero-order chi connectivity index (χ0) is 18.5. The smallest absolute Gasteiger partial charge is 0.224 e. The van der Waals surface area contributed by atoms with Gasteiger partial charge in [0.25, 0.3) is 0 Å². The number of aryl methyl sites for hydroxylation is 1. The number of rotatable bonds is 5. The molecule has 3 heterocycles. The third-order valence-corrected chi connectivity index (χ3v) is 5.35. The largest absolute Gasteiger partial charge is 0.373 e. The molecule has 1 aromatic heterocycles. The molecule has 2 aliphatic rings. The number of ether oxygens (including phenoxy) is 1. The maximum Gasteiger partial charge on any atom is 0.224 e. The predicted molar refractivity (Wildman–Crippen MR) is 99.6 cm³/mol. The quantitative estimate of drug-likeness (QED) is 0.771. The maximum absolute atomic E-state index is 12.7. The van der Waals surface area contributed by atoms with Crippen molar-refractivity contribution in [2.45, 2.75) is 25.0 Å². The van der Waals surface area contributed by atoms with Crippen LogP contribution in [0.25, 0.3) is 0 Å². The molecule has 2 saturated heterocycles. The molecular weight excluding hydrogens is 332 g/mol. The van der Waals surface area contributed by atoms with Gasteiger partial charge in [0.2, 0.25) is 5.91 Å². The summed E-state index contributed by atoms with van der Waals surface area (Å²) in [6.07, 6.45) is 5.34. The molecule has 8 heteroatoms. The van der Waals surface area contributed by atoms with E-state index in [1.165, 1.54) is 0 Å². The average Bonchev–Trinajstić information content (AvgIpc) is 2.94. The third-order valence-electron chi connectivity index (χ3n) is 5.35. The molecular formula is C18H32N6O2. The van der Waals surface area contributed by atoms with Crippen molar-refractivity contribution in [1.82, 2.24) is 24.5 Å². The highest BCUT2D eigenvalue weighted by atomic mass is 16.5. The predicted octanol–water partition coefficient (Wildman–Crippen LogP) is -0.325. The van der Waals surface area contributed by atoms with Crippen molar-refractivity contribution in [2.75, 3.05) is 59.5 Å². The van der Waals surface area contributed by atoms with Gasteiger partial charge < -0.3 is 20.3 Å². The maximum atomic E-state index is 12.7. The fourth-order valence-corrected chi connectivity index (χ4v) is 3.96. The summed E-state index contributed by atoms with van der Waals surface area (Å²) in [6, 6.07) is -0.0996. The molecule has 1 amide bonds. The van der Waals surface area contributed by atoms with E-state index in [-0.39, 0.29) is 18.1 Å². The summed E-state index contributed by atoms with van der Waals surface area (Å²) >= 11 is 0. The number of carbonyl (C=O) groups is 1. The molecule has 2 N–H and O–H groups in total. The van der Waals surface area contributed by atoms with E-state index >= 15 is 0 Å². The molecule has 146 valence electrons. The molecule has 0 unspecified atom stereocenters. The van der Waals surface area contributed by atoms with E-state index in [9.17, 15) is 4.79 Å². The Bertz CT molecular complexity index is 592. The second-order valence-corrected chi connectivity index (χ2v) is 7.38. The number of morpholine rings is 1. The van der Waals surface area contributed by atoms with E-state index in [4.69, 9.17) is 10.5 Å². The number of carbonyl (C=O) groups excluding carboxylic acids is 1. The zero-order valence-electron chi connectivity index (χ0n) is 16.0. The summed E-state index contributed by atoms with van der Waals surface area (Å²) in [5.41, 5.74) is 6.67. The Morgan fingerprint density at radius 1 is 1.27 bits per heavy atom. The molecule has 2 atom stereocenters. The summed E-state index contributed by atoms with van der Waals surface area (Å²) in [6.45, 7) is 6.70. The van der Waals surface area contributed by atoms with Gasteiger partial charge in [-0.15, -0.1) is 0 Å². The molecule has 3 rings (SSSR count). The van der Waals surface area contributed by atoms with Crippen LogP contribution >= 0.6 is 0 Å². The SMILES string of the molecule is CN1CCCN(C[C@@H]2OCCN(C(=O)CCN)[C@H]2c2cnn(C)c2)CC1. The fraction of sp³-hybridized carbons (Fsp3) is 0.778. The number of hydrogen-bond donors (Lipinski definition) is 1. The monoisotopic (exact) mass is 364 g/mol. The van der Waals surface area contributed by atoms with Crippen LogP contribution in [-0.4, -0.2) is 96.0 Å². The van der Waals surface area contributed by atoms with E-state index in [0.717, 1.165) is 44.7 Å². The molecule has 2 fully saturated rings. The first-order valence-electron chi connectivity index (χ1n) is 9.59. The van der Waals surface area contributed by atoms with Gasteiger partial charge in [0.15, 0.2) is 0 Å². The fourth-order valence-electron chi connectivity index (χ4n) is 3.96. The Morgan fingerprint density at radius 2 is 2.12 bits per heavy atom. The number of hydrogen-bond acceptors (Lipinski definition) is 6. The van der Waals surface area contributed by atoms with Crippen LogP contribution in [0.3, 0.4) is 0 Å². The Morgan fingerprint density at radius 3 is 2.85 bits per heavy atom. The molecule has 1 aromatic rings. The summed E-state index contributed by atoms with van der Waals surface area (Å²) in [5.74, 6) is 0.102. The lowest BCUT2D eigenvalue weighted by atomic mass is 9.99. The Labute approximate surface area is 155 Å². The first kappa shape index (κ1) is 19.3. The number of nitrogens with two attached hydrogens (primary N) is 1. The summed E-state index contributed by atoms with van der Waals surface area (Å²) in [5, 5.41) is 4.32. The van der Waals surface area contributed by atoms with Crippen molar-refractivity contribution in [3.05, 3.63) is 18.0 Å². The van der Waals surface area contributed by atoms with Gasteiger partial charge in [-0.05, 0) is 26.6 Å². The minimum atomic E-state index is -0.0996. The average molecular weight is 364 g/mol. The summed E-state index contributed by atoms with van der Waals surface area (Å²) in [7, 11) is 4.07. The minimum Gasteiger partial charge on any atom is -0.373 e. The Kier molecular flexibility index (Phi) is 6.63. The van der Waals surface area contributed by atoms with Crippen LogP contribution < -0.4 is 5.73 Å². The highest BCUT2D eigenvalue weighted by Gasteiger charge is 2.37. The Balaban J connectivity index is 1.78. The molecule has 2 aliphatic heterocycles. The molecule has 0 radical (unpaired) electrons. The van der Waals surface area contributed by atoms with Gasteiger partial charge in [0.1, 0.15) is 0 Å². The molecule has 0 bridgehead atoms. The van der Waals surface area contributed by atoms with Crippen LogP contribution in [0.5, 0.6) is 0 Å². The minimum absolute atomic E-state index is 0.0434. The molecule has 0 spiro atoms. The highest BCUT2D eigenvalue weighted by Crippen LogP contribution is 2.30. The van der Waals surface area contributed by atoms with E-state index < -0.39 is 0 Å². The van der Waals surface area contributed by atoms with Gasteiger partial charge in [-0.1, -0.05) is 0 Å². The second-order valence-electron chi connectivity index (χ2n) is 7.38. The zero-order valence-corrected chi connectivity index (χ0v) is 16.0. The third kappa shape index (κ3) is 4.62. The summed E-state index contributed by atoms with van der Waals surface area (Å²) < 4.78 is 7.95. The topological polar surface area (TPSA) is 79.9 Å². The van der Waals surface area contributed by atoms with Crippen LogP contribution in [0.4, 0.5) is 0 Å². The van der Waals surface area contributed by atoms with Crippen molar-refractivity contribution in [2.24, 2.45) is 12.8 Å². The van der Waals surface area contributed by atoms with E-state index in [1.807, 2.05) is 24.3 Å². The van der Waals surface area contributed by atoms with E-state index in [1.54, 1.807) is 4.68 Å². The number of aromatic nitrogens is 2. The van der Waals surface area contributed by atoms with Crippen LogP contribution in [0.15, 0.2) is 12.4 Å². The first-order valence-corrected chi connectivity index (χ1v) is 9.59. The number of amides is 1. The van der Waals surface area contributed by atoms with Crippen LogP contribution in [0, 0.1) is 0 Å². The first-order chi connectivity index (χ1) is 12.6. The lowest BCUT2D eigenvalue weighted by molar-refractivity contribution is -0.148. The highest BCUT2D eigenvalue weighted by molar-refractivity contribution is 5.77. The molecule has 0 aromatic carbocycles. The van der Waals surface area contributed by atoms with Gasteiger partial charge >= 0.3 is 0 Å². The van der Waals surface area contributed by atoms with Crippen LogP contribution in [0.1, 0.15) is 24.4 Å². The van der Waals surface area contributed by atoms with Crippen molar-refractivity contribution in [1.29, 1.82) is 0 Å². The van der Waals surface area contributed by atoms with Crippen molar-refractivity contribution >= 4 is 5.91 Å². The molecule has 0 saturated carbocycles. The van der Waals surface area contributed by atoms with Crippen molar-refractivity contribution < 1.29 is 9.53 Å². The normalized spacial score (nSPS) is 26.0. The van der Waals surface area contributed by atoms with Crippen molar-refractivity contribution in [3.63, 3.8) is 0 Å². The summed E-state index contributed by atoms with van der Waals surface area (Å²) in [4.78, 5) is 19.5. The van der Waals surface area contributed by atoms with Crippen molar-refractivity contribution in [3.8, 4) is 0 Å². The van der Waals surface area contributed by atoms with Crippen LogP contribution in [-0.2, 0) is 16.6 Å². The molecule has 8 nitrogen and oxygen atoms in total. The Hall–Kier alpha value is -1.48. The van der Waals surface area contributed by atoms with Gasteiger partial charge in [-0.25, -0.2) is 0 Å². The number of likely N-dealkylation sites (N-methyl/N-ethyl adjacent to an activating group) is 1. The van der Waals surface area contributed by atoms with E-state index in [0.29, 0.717) is 26.1 Å². The molecule has 26 heavy (non-hydrogen) atoms. The number of nitrogens with zero attached hydrogens (tertiary/aromatic N) is 5. The lowest BCUT2D eigenvalue weighted by Gasteiger charge is -2.42. The molecule has 0 aliphatic carbocycles. The lowest BCUT2D eigenvalue weighted by Crippen LogP contribution is -2.52. The van der Waals surface area contributed by atoms with Gasteiger partial charge in [-0.2, -0.15) is 5.10 Å². The standard InChI is InChI=1S/C18H32N6O2/c1-21-6-3-7-23(9-8-21)14-16-18(15-12-20-22(2)13-15)24(10-11-26-16)17(25)4-5-19/h12-13,16,18H,3-11,14,19H2,1-2H3/t16-,18-/m0/s1. The van der Waals surface area contributed by atoms with Gasteiger partial charge in [0.05, 0.1) is 24.9 Å². The van der Waals surface area contributed by atoms with Gasteiger partial charge in [0, 0.05) is 58.0 Å².